The van der Waals surface area contributed by atoms with E-state index >= 15 is 0 Å². The van der Waals surface area contributed by atoms with Crippen LogP contribution in [0.3, 0.4) is 0 Å². The van der Waals surface area contributed by atoms with Crippen molar-refractivity contribution in [2.75, 3.05) is 6.61 Å². The molecule has 1 heterocycles. The molecule has 0 aromatic carbocycles. The van der Waals surface area contributed by atoms with E-state index in [-0.39, 0.29) is 4.99 Å². The van der Waals surface area contributed by atoms with Gasteiger partial charge in [0.1, 0.15) is 10.7 Å². The maximum absolute atomic E-state index is 5.33. The first-order valence-electron chi connectivity index (χ1n) is 3.50. The predicted octanol–water partition coefficient (Wildman–Crippen LogP) is 0.509. The molecule has 0 bridgehead atoms. The highest BCUT2D eigenvalue weighted by atomic mass is 32.1. The molecule has 1 rings (SSSR count). The summed E-state index contributed by atoms with van der Waals surface area (Å²) in [7, 11) is 0. The second-order valence-corrected chi connectivity index (χ2v) is 2.49. The van der Waals surface area contributed by atoms with Gasteiger partial charge in [-0.05, 0) is 13.0 Å². The fourth-order valence-corrected chi connectivity index (χ4v) is 0.785. The maximum Gasteiger partial charge on any atom is 0.233 e. The second kappa shape index (κ2) is 3.96. The van der Waals surface area contributed by atoms with Gasteiger partial charge in [0.2, 0.25) is 5.88 Å². The third kappa shape index (κ3) is 2.13. The van der Waals surface area contributed by atoms with E-state index in [9.17, 15) is 0 Å². The maximum atomic E-state index is 5.33. The highest BCUT2D eigenvalue weighted by molar-refractivity contribution is 7.80. The molecule has 0 amide bonds. The molecule has 0 unspecified atom stereocenters. The SMILES string of the molecule is CCOc1ccc(C(N)=S)nn1. The summed E-state index contributed by atoms with van der Waals surface area (Å²) >= 11 is 4.70. The first kappa shape index (κ1) is 8.86. The zero-order chi connectivity index (χ0) is 8.97. The topological polar surface area (TPSA) is 61.0 Å². The normalized spacial score (nSPS) is 9.42. The zero-order valence-corrected chi connectivity index (χ0v) is 7.47. The van der Waals surface area contributed by atoms with Gasteiger partial charge < -0.3 is 10.5 Å². The van der Waals surface area contributed by atoms with E-state index in [0.717, 1.165) is 0 Å². The Labute approximate surface area is 75.7 Å². The van der Waals surface area contributed by atoms with Crippen LogP contribution in [-0.2, 0) is 0 Å². The predicted molar refractivity (Wildman–Crippen MR) is 49.1 cm³/mol. The van der Waals surface area contributed by atoms with Gasteiger partial charge in [-0.1, -0.05) is 12.2 Å². The van der Waals surface area contributed by atoms with Crippen molar-refractivity contribution in [3.8, 4) is 5.88 Å². The zero-order valence-electron chi connectivity index (χ0n) is 6.65. The van der Waals surface area contributed by atoms with Gasteiger partial charge in [0, 0.05) is 6.07 Å². The number of aromatic nitrogens is 2. The lowest BCUT2D eigenvalue weighted by atomic mass is 10.4. The number of rotatable bonds is 3. The van der Waals surface area contributed by atoms with Crippen LogP contribution in [0.4, 0.5) is 0 Å². The molecule has 0 spiro atoms. The van der Waals surface area contributed by atoms with Crippen molar-refractivity contribution < 1.29 is 4.74 Å². The van der Waals surface area contributed by atoms with Crippen LogP contribution in [0.2, 0.25) is 0 Å². The van der Waals surface area contributed by atoms with Crippen LogP contribution < -0.4 is 10.5 Å². The van der Waals surface area contributed by atoms with Gasteiger partial charge in [-0.25, -0.2) is 0 Å². The highest BCUT2D eigenvalue weighted by Crippen LogP contribution is 2.03. The standard InChI is InChI=1S/C7H9N3OS/c1-2-11-6-4-3-5(7(8)12)9-10-6/h3-4H,2H2,1H3,(H2,8,12). The lowest BCUT2D eigenvalue weighted by Gasteiger charge is -2.00. The van der Waals surface area contributed by atoms with Gasteiger partial charge in [-0.3, -0.25) is 0 Å². The molecule has 0 saturated heterocycles. The molecule has 64 valence electrons. The van der Waals surface area contributed by atoms with Gasteiger partial charge in [0.15, 0.2) is 0 Å². The van der Waals surface area contributed by atoms with Gasteiger partial charge >= 0.3 is 0 Å². The number of ether oxygens (including phenoxy) is 1. The first-order valence-corrected chi connectivity index (χ1v) is 3.91. The van der Waals surface area contributed by atoms with Crippen LogP contribution in [0.5, 0.6) is 5.88 Å². The van der Waals surface area contributed by atoms with Crippen LogP contribution in [0, 0.1) is 0 Å². The van der Waals surface area contributed by atoms with Crippen LogP contribution in [-0.4, -0.2) is 21.8 Å². The molecule has 4 nitrogen and oxygen atoms in total. The molecule has 12 heavy (non-hydrogen) atoms. The van der Waals surface area contributed by atoms with E-state index in [2.05, 4.69) is 10.2 Å². The van der Waals surface area contributed by atoms with Crippen molar-refractivity contribution in [1.82, 2.24) is 10.2 Å². The fraction of sp³-hybridized carbons (Fsp3) is 0.286. The van der Waals surface area contributed by atoms with Crippen LogP contribution in [0.25, 0.3) is 0 Å². The van der Waals surface area contributed by atoms with Gasteiger partial charge in [-0.2, -0.15) is 0 Å². The average molecular weight is 183 g/mol. The summed E-state index contributed by atoms with van der Waals surface area (Å²) in [5.74, 6) is 0.484. The van der Waals surface area contributed by atoms with Crippen LogP contribution >= 0.6 is 12.2 Å². The number of nitrogens with zero attached hydrogens (tertiary/aromatic N) is 2. The summed E-state index contributed by atoms with van der Waals surface area (Å²) < 4.78 is 5.08. The van der Waals surface area contributed by atoms with E-state index in [1.54, 1.807) is 12.1 Å². The van der Waals surface area contributed by atoms with E-state index in [1.165, 1.54) is 0 Å². The minimum absolute atomic E-state index is 0.241. The van der Waals surface area contributed by atoms with E-state index < -0.39 is 0 Å². The Morgan fingerprint density at radius 1 is 1.58 bits per heavy atom. The number of thiocarbonyl (C=S) groups is 1. The summed E-state index contributed by atoms with van der Waals surface area (Å²) in [5, 5.41) is 7.51. The monoisotopic (exact) mass is 183 g/mol. The Balaban J connectivity index is 2.78. The third-order valence-electron chi connectivity index (χ3n) is 1.18. The fourth-order valence-electron chi connectivity index (χ4n) is 0.676. The average Bonchev–Trinajstić information content (AvgIpc) is 2.06. The summed E-state index contributed by atoms with van der Waals surface area (Å²) in [5.41, 5.74) is 5.83. The van der Waals surface area contributed by atoms with Crippen molar-refractivity contribution in [3.63, 3.8) is 0 Å². The number of nitrogens with two attached hydrogens (primary N) is 1. The molecule has 0 aliphatic heterocycles. The molecular formula is C7H9N3OS. The largest absolute Gasteiger partial charge is 0.477 e. The smallest absolute Gasteiger partial charge is 0.233 e. The Morgan fingerprint density at radius 3 is 2.75 bits per heavy atom. The number of hydrogen-bond donors (Lipinski definition) is 1. The molecule has 0 fully saturated rings. The van der Waals surface area contributed by atoms with Crippen LogP contribution in [0.1, 0.15) is 12.6 Å². The van der Waals surface area contributed by atoms with Crippen molar-refractivity contribution in [3.05, 3.63) is 17.8 Å². The first-order chi connectivity index (χ1) is 5.74. The Morgan fingerprint density at radius 2 is 2.33 bits per heavy atom. The van der Waals surface area contributed by atoms with Crippen molar-refractivity contribution in [2.45, 2.75) is 6.92 Å². The van der Waals surface area contributed by atoms with E-state index in [1.807, 2.05) is 6.92 Å². The van der Waals surface area contributed by atoms with Gasteiger partial charge in [0.25, 0.3) is 0 Å². The summed E-state index contributed by atoms with van der Waals surface area (Å²) in [6, 6.07) is 3.37. The molecule has 0 aliphatic rings. The Hall–Kier alpha value is -1.23. The van der Waals surface area contributed by atoms with Gasteiger partial charge in [-0.15, -0.1) is 10.2 Å². The minimum Gasteiger partial charge on any atom is -0.477 e. The van der Waals surface area contributed by atoms with Gasteiger partial charge in [0.05, 0.1) is 6.61 Å². The minimum atomic E-state index is 0.241. The summed E-state index contributed by atoms with van der Waals surface area (Å²) in [6.07, 6.45) is 0. The Kier molecular flexibility index (Phi) is 2.93. The molecule has 0 radical (unpaired) electrons. The summed E-state index contributed by atoms with van der Waals surface area (Å²) in [4.78, 5) is 0.241. The molecule has 1 aromatic heterocycles. The van der Waals surface area contributed by atoms with E-state index in [0.29, 0.717) is 18.2 Å². The highest BCUT2D eigenvalue weighted by Gasteiger charge is 1.99. The van der Waals surface area contributed by atoms with E-state index in [4.69, 9.17) is 22.7 Å². The molecule has 0 aliphatic carbocycles. The lowest BCUT2D eigenvalue weighted by Crippen LogP contribution is -2.12. The van der Waals surface area contributed by atoms with Crippen LogP contribution in [0.15, 0.2) is 12.1 Å². The molecular weight excluding hydrogens is 174 g/mol. The molecule has 1 aromatic rings. The molecule has 2 N–H and O–H groups in total. The van der Waals surface area contributed by atoms with Crippen molar-refractivity contribution in [2.24, 2.45) is 5.73 Å². The summed E-state index contributed by atoms with van der Waals surface area (Å²) in [6.45, 7) is 2.45. The quantitative estimate of drug-likeness (QED) is 0.692. The lowest BCUT2D eigenvalue weighted by molar-refractivity contribution is 0.322. The Bertz CT molecular complexity index is 272. The van der Waals surface area contributed by atoms with Crippen molar-refractivity contribution in [1.29, 1.82) is 0 Å². The second-order valence-electron chi connectivity index (χ2n) is 2.05. The molecule has 0 saturated carbocycles. The number of hydrogen-bond acceptors (Lipinski definition) is 4. The third-order valence-corrected chi connectivity index (χ3v) is 1.39. The molecule has 5 heteroatoms. The van der Waals surface area contributed by atoms with Crippen molar-refractivity contribution >= 4 is 17.2 Å². The molecule has 0 atom stereocenters.